The summed E-state index contributed by atoms with van der Waals surface area (Å²) in [7, 11) is 0. The minimum atomic E-state index is 0.137. The molecule has 0 aromatic carbocycles. The van der Waals surface area contributed by atoms with Gasteiger partial charge in [0.2, 0.25) is 5.28 Å². The highest BCUT2D eigenvalue weighted by Gasteiger charge is 2.12. The largest absolute Gasteiger partial charge is 0.298 e. The third-order valence-corrected chi connectivity index (χ3v) is 3.13. The highest BCUT2D eigenvalue weighted by Crippen LogP contribution is 2.27. The van der Waals surface area contributed by atoms with Crippen LogP contribution in [0.25, 0.3) is 17.0 Å². The molecule has 0 bridgehead atoms. The second kappa shape index (κ2) is 4.39. The number of hydrogen-bond donors (Lipinski definition) is 0. The van der Waals surface area contributed by atoms with Gasteiger partial charge >= 0.3 is 0 Å². The topological polar surface area (TPSA) is 43.1 Å². The summed E-state index contributed by atoms with van der Waals surface area (Å²) < 4.78 is 1.83. The molecule has 0 saturated heterocycles. The highest BCUT2D eigenvalue weighted by molar-refractivity contribution is 6.33. The van der Waals surface area contributed by atoms with E-state index in [0.29, 0.717) is 21.4 Å². The number of pyridine rings is 1. The number of hydrogen-bond acceptors (Lipinski definition) is 3. The van der Waals surface area contributed by atoms with Gasteiger partial charge in [-0.05, 0) is 17.7 Å². The van der Waals surface area contributed by atoms with E-state index in [-0.39, 0.29) is 5.28 Å². The molecule has 4 nitrogen and oxygen atoms in total. The van der Waals surface area contributed by atoms with Gasteiger partial charge in [-0.1, -0.05) is 23.2 Å². The lowest BCUT2D eigenvalue weighted by Crippen LogP contribution is -1.93. The quantitative estimate of drug-likeness (QED) is 0.643. The maximum atomic E-state index is 6.07. The predicted molar refractivity (Wildman–Crippen MR) is 71.2 cm³/mol. The van der Waals surface area contributed by atoms with Crippen LogP contribution in [0.3, 0.4) is 0 Å². The van der Waals surface area contributed by atoms with Gasteiger partial charge in [0.1, 0.15) is 11.3 Å². The minimum Gasteiger partial charge on any atom is -0.298 e. The number of imidazole rings is 1. The van der Waals surface area contributed by atoms with Crippen LogP contribution in [-0.2, 0) is 0 Å². The van der Waals surface area contributed by atoms with E-state index >= 15 is 0 Å². The average Bonchev–Trinajstić information content (AvgIpc) is 2.75. The van der Waals surface area contributed by atoms with E-state index in [9.17, 15) is 0 Å². The molecule has 0 aliphatic heterocycles. The summed E-state index contributed by atoms with van der Waals surface area (Å²) in [6, 6.07) is 3.51. The van der Waals surface area contributed by atoms with E-state index in [1.807, 2.05) is 4.40 Å². The SMILES string of the molecule is Clc1ccn2c(-c3nc(Cl)ncc3Cl)cnc2c1. The van der Waals surface area contributed by atoms with Crippen LogP contribution in [0, 0.1) is 0 Å². The highest BCUT2D eigenvalue weighted by atomic mass is 35.5. The van der Waals surface area contributed by atoms with Crippen LogP contribution in [0.1, 0.15) is 0 Å². The Balaban J connectivity index is 2.28. The number of nitrogens with zero attached hydrogens (tertiary/aromatic N) is 4. The number of aromatic nitrogens is 4. The molecule has 0 fully saturated rings. The van der Waals surface area contributed by atoms with E-state index in [4.69, 9.17) is 34.8 Å². The lowest BCUT2D eigenvalue weighted by Gasteiger charge is -2.03. The molecule has 90 valence electrons. The van der Waals surface area contributed by atoms with E-state index in [1.165, 1.54) is 6.20 Å². The number of rotatable bonds is 1. The Morgan fingerprint density at radius 2 is 1.89 bits per heavy atom. The van der Waals surface area contributed by atoms with Gasteiger partial charge in [-0.2, -0.15) is 0 Å². The summed E-state index contributed by atoms with van der Waals surface area (Å²) in [5, 5.41) is 1.17. The smallest absolute Gasteiger partial charge is 0.223 e. The zero-order valence-corrected chi connectivity index (χ0v) is 11.1. The molecule has 7 heteroatoms. The Morgan fingerprint density at radius 1 is 1.06 bits per heavy atom. The maximum absolute atomic E-state index is 6.07. The van der Waals surface area contributed by atoms with Gasteiger partial charge in [-0.25, -0.2) is 15.0 Å². The van der Waals surface area contributed by atoms with E-state index in [1.54, 1.807) is 24.5 Å². The summed E-state index contributed by atoms with van der Waals surface area (Å²) >= 11 is 17.8. The summed E-state index contributed by atoms with van der Waals surface area (Å²) in [5.41, 5.74) is 1.98. The molecule has 0 radical (unpaired) electrons. The monoisotopic (exact) mass is 298 g/mol. The van der Waals surface area contributed by atoms with Crippen LogP contribution in [0.2, 0.25) is 15.3 Å². The lowest BCUT2D eigenvalue weighted by atomic mass is 10.3. The van der Waals surface area contributed by atoms with Crippen LogP contribution in [0.5, 0.6) is 0 Å². The summed E-state index contributed by atoms with van der Waals surface area (Å²) in [4.78, 5) is 12.2. The van der Waals surface area contributed by atoms with Crippen LogP contribution >= 0.6 is 34.8 Å². The zero-order valence-electron chi connectivity index (χ0n) is 8.81. The number of halogens is 3. The predicted octanol–water partition coefficient (Wildman–Crippen LogP) is 3.75. The maximum Gasteiger partial charge on any atom is 0.223 e. The molecule has 0 aliphatic carbocycles. The van der Waals surface area contributed by atoms with Crippen molar-refractivity contribution in [1.29, 1.82) is 0 Å². The van der Waals surface area contributed by atoms with Gasteiger partial charge in [0, 0.05) is 17.3 Å². The normalized spacial score (nSPS) is 11.1. The third-order valence-electron chi connectivity index (χ3n) is 2.43. The van der Waals surface area contributed by atoms with Crippen molar-refractivity contribution in [3.8, 4) is 11.4 Å². The molecule has 0 amide bonds. The molecule has 18 heavy (non-hydrogen) atoms. The van der Waals surface area contributed by atoms with Crippen molar-refractivity contribution in [2.24, 2.45) is 0 Å². The Bertz CT molecular complexity index is 738. The standard InChI is InChI=1S/C11H5Cl3N4/c12-6-1-2-18-8(5-15-9(18)3-6)10-7(13)4-16-11(14)17-10/h1-5H. The van der Waals surface area contributed by atoms with Gasteiger partial charge in [0.05, 0.1) is 23.1 Å². The van der Waals surface area contributed by atoms with Crippen molar-refractivity contribution in [3.05, 3.63) is 46.1 Å². The first-order chi connectivity index (χ1) is 8.65. The average molecular weight is 300 g/mol. The van der Waals surface area contributed by atoms with Gasteiger partial charge in [-0.15, -0.1) is 0 Å². The Kier molecular flexibility index (Phi) is 2.86. The fraction of sp³-hybridized carbons (Fsp3) is 0. The van der Waals surface area contributed by atoms with Gasteiger partial charge in [-0.3, -0.25) is 4.40 Å². The van der Waals surface area contributed by atoms with E-state index < -0.39 is 0 Å². The van der Waals surface area contributed by atoms with Gasteiger partial charge in [0.25, 0.3) is 0 Å². The molecule has 0 spiro atoms. The Labute approximate surface area is 117 Å². The van der Waals surface area contributed by atoms with Crippen molar-refractivity contribution in [3.63, 3.8) is 0 Å². The molecule has 3 aromatic heterocycles. The zero-order chi connectivity index (χ0) is 12.7. The molecule has 3 rings (SSSR count). The molecule has 3 heterocycles. The molecule has 0 saturated carbocycles. The molecule has 3 aromatic rings. The third kappa shape index (κ3) is 1.92. The first-order valence-corrected chi connectivity index (χ1v) is 6.09. The Morgan fingerprint density at radius 3 is 2.72 bits per heavy atom. The summed E-state index contributed by atoms with van der Waals surface area (Å²) in [6.07, 6.45) is 4.92. The van der Waals surface area contributed by atoms with E-state index in [2.05, 4.69) is 15.0 Å². The van der Waals surface area contributed by atoms with Gasteiger partial charge in [0.15, 0.2) is 0 Å². The van der Waals surface area contributed by atoms with Crippen LogP contribution in [0.15, 0.2) is 30.7 Å². The van der Waals surface area contributed by atoms with Crippen LogP contribution < -0.4 is 0 Å². The van der Waals surface area contributed by atoms with Crippen molar-refractivity contribution >= 4 is 40.4 Å². The molecule has 0 unspecified atom stereocenters. The minimum absolute atomic E-state index is 0.137. The molecule has 0 atom stereocenters. The summed E-state index contributed by atoms with van der Waals surface area (Å²) in [6.45, 7) is 0. The molecule has 0 N–H and O–H groups in total. The second-order valence-corrected chi connectivity index (χ2v) is 4.73. The van der Waals surface area contributed by atoms with Crippen molar-refractivity contribution in [2.75, 3.05) is 0 Å². The lowest BCUT2D eigenvalue weighted by molar-refractivity contribution is 1.13. The number of fused-ring (bicyclic) bond motifs is 1. The van der Waals surface area contributed by atoms with Crippen molar-refractivity contribution in [1.82, 2.24) is 19.4 Å². The first-order valence-electron chi connectivity index (χ1n) is 4.96. The van der Waals surface area contributed by atoms with E-state index in [0.717, 1.165) is 5.69 Å². The molecular weight excluding hydrogens is 295 g/mol. The molecule has 0 aliphatic rings. The fourth-order valence-electron chi connectivity index (χ4n) is 1.66. The summed E-state index contributed by atoms with van der Waals surface area (Å²) in [5.74, 6) is 0. The Hall–Kier alpha value is -1.36. The second-order valence-electron chi connectivity index (χ2n) is 3.55. The van der Waals surface area contributed by atoms with Crippen molar-refractivity contribution in [2.45, 2.75) is 0 Å². The van der Waals surface area contributed by atoms with Gasteiger partial charge < -0.3 is 0 Å². The fourth-order valence-corrected chi connectivity index (χ4v) is 2.13. The van der Waals surface area contributed by atoms with Crippen molar-refractivity contribution < 1.29 is 0 Å². The molecular formula is C11H5Cl3N4. The van der Waals surface area contributed by atoms with Crippen LogP contribution in [0.4, 0.5) is 0 Å². The van der Waals surface area contributed by atoms with Crippen LogP contribution in [-0.4, -0.2) is 19.4 Å². The first kappa shape index (κ1) is 11.7.